The quantitative estimate of drug-likeness (QED) is 0.600. The van der Waals surface area contributed by atoms with E-state index >= 15 is 0 Å². The van der Waals surface area contributed by atoms with Gasteiger partial charge in [0.15, 0.2) is 0 Å². The molecule has 0 atom stereocenters. The minimum absolute atomic E-state index is 0.278. The summed E-state index contributed by atoms with van der Waals surface area (Å²) in [6.45, 7) is 0.485. The highest BCUT2D eigenvalue weighted by Crippen LogP contribution is 2.24. The summed E-state index contributed by atoms with van der Waals surface area (Å²) in [5.74, 6) is -0.278. The Morgan fingerprint density at radius 3 is 2.57 bits per heavy atom. The van der Waals surface area contributed by atoms with Crippen molar-refractivity contribution in [1.82, 2.24) is 0 Å². The fourth-order valence-electron chi connectivity index (χ4n) is 2.20. The summed E-state index contributed by atoms with van der Waals surface area (Å²) in [4.78, 5) is 0. The lowest BCUT2D eigenvalue weighted by molar-refractivity contribution is 0.626. The van der Waals surface area contributed by atoms with E-state index in [1.54, 1.807) is 6.07 Å². The molecule has 0 aromatic heterocycles. The van der Waals surface area contributed by atoms with Crippen molar-refractivity contribution in [3.05, 3.63) is 75.5 Å². The van der Waals surface area contributed by atoms with Crippen LogP contribution in [0.2, 0.25) is 5.02 Å². The Morgan fingerprint density at radius 1 is 0.952 bits per heavy atom. The van der Waals surface area contributed by atoms with E-state index in [9.17, 15) is 4.39 Å². The van der Waals surface area contributed by atoms with Gasteiger partial charge in [-0.25, -0.2) is 4.39 Å². The second kappa shape index (κ2) is 6.04. The molecular weight excluding hydrogens is 353 g/mol. The molecule has 106 valence electrons. The van der Waals surface area contributed by atoms with E-state index in [-0.39, 0.29) is 5.82 Å². The Balaban J connectivity index is 1.82. The highest BCUT2D eigenvalue weighted by Gasteiger charge is 2.03. The van der Waals surface area contributed by atoms with E-state index in [1.807, 2.05) is 12.1 Å². The number of rotatable bonds is 3. The zero-order chi connectivity index (χ0) is 14.8. The third-order valence-electron chi connectivity index (χ3n) is 3.29. The molecule has 3 aromatic rings. The van der Waals surface area contributed by atoms with Crippen LogP contribution in [-0.2, 0) is 6.54 Å². The topological polar surface area (TPSA) is 12.0 Å². The summed E-state index contributed by atoms with van der Waals surface area (Å²) in [7, 11) is 0. The Kier molecular flexibility index (Phi) is 4.13. The van der Waals surface area contributed by atoms with Crippen LogP contribution >= 0.6 is 27.5 Å². The molecule has 3 rings (SSSR count). The monoisotopic (exact) mass is 363 g/mol. The summed E-state index contributed by atoms with van der Waals surface area (Å²) in [5.41, 5.74) is 1.72. The molecule has 0 spiro atoms. The van der Waals surface area contributed by atoms with E-state index in [1.165, 1.54) is 17.5 Å². The fraction of sp³-hybridized carbons (Fsp3) is 0.0588. The number of fused-ring (bicyclic) bond motifs is 1. The molecule has 1 nitrogen and oxygen atoms in total. The van der Waals surface area contributed by atoms with Crippen LogP contribution in [0.15, 0.2) is 59.1 Å². The van der Waals surface area contributed by atoms with E-state index in [0.717, 1.165) is 21.1 Å². The Labute approximate surface area is 135 Å². The number of benzene rings is 3. The van der Waals surface area contributed by atoms with Gasteiger partial charge < -0.3 is 5.32 Å². The first kappa shape index (κ1) is 14.4. The van der Waals surface area contributed by atoms with E-state index in [0.29, 0.717) is 11.6 Å². The van der Waals surface area contributed by atoms with E-state index in [4.69, 9.17) is 11.6 Å². The van der Waals surface area contributed by atoms with E-state index < -0.39 is 0 Å². The molecule has 21 heavy (non-hydrogen) atoms. The lowest BCUT2D eigenvalue weighted by Gasteiger charge is -2.09. The van der Waals surface area contributed by atoms with Gasteiger partial charge in [-0.1, -0.05) is 39.7 Å². The van der Waals surface area contributed by atoms with Gasteiger partial charge in [0.05, 0.1) is 0 Å². The second-order valence-corrected chi connectivity index (χ2v) is 6.12. The predicted molar refractivity (Wildman–Crippen MR) is 90.4 cm³/mol. The first-order chi connectivity index (χ1) is 10.1. The average Bonchev–Trinajstić information content (AvgIpc) is 2.48. The van der Waals surface area contributed by atoms with Crippen molar-refractivity contribution in [2.75, 3.05) is 5.32 Å². The molecule has 0 saturated heterocycles. The van der Waals surface area contributed by atoms with Gasteiger partial charge in [-0.05, 0) is 58.8 Å². The maximum absolute atomic E-state index is 13.2. The largest absolute Gasteiger partial charge is 0.381 e. The summed E-state index contributed by atoms with van der Waals surface area (Å²) in [6.07, 6.45) is 0. The van der Waals surface area contributed by atoms with Crippen LogP contribution in [0.4, 0.5) is 10.1 Å². The molecule has 0 radical (unpaired) electrons. The van der Waals surface area contributed by atoms with Gasteiger partial charge in [-0.15, -0.1) is 0 Å². The Hall–Kier alpha value is -1.58. The third kappa shape index (κ3) is 3.36. The van der Waals surface area contributed by atoms with Gasteiger partial charge in [0, 0.05) is 21.7 Å². The zero-order valence-electron chi connectivity index (χ0n) is 11.0. The number of hydrogen-bond acceptors (Lipinski definition) is 1. The molecular formula is C17H12BrClFN. The lowest BCUT2D eigenvalue weighted by atomic mass is 10.1. The van der Waals surface area contributed by atoms with Crippen LogP contribution in [0.3, 0.4) is 0 Å². The standard InChI is InChI=1S/C17H12BrClFN/c18-14-3-1-12-9-16(5-2-11(12)7-14)21-10-13-8-15(20)4-6-17(13)19/h1-9,21H,10H2. The summed E-state index contributed by atoms with van der Waals surface area (Å²) in [5, 5.41) is 6.15. The number of hydrogen-bond donors (Lipinski definition) is 1. The van der Waals surface area contributed by atoms with Crippen LogP contribution in [0.5, 0.6) is 0 Å². The van der Waals surface area contributed by atoms with Crippen molar-refractivity contribution in [3.8, 4) is 0 Å². The highest BCUT2D eigenvalue weighted by molar-refractivity contribution is 9.10. The molecule has 4 heteroatoms. The molecule has 1 N–H and O–H groups in total. The fourth-order valence-corrected chi connectivity index (χ4v) is 2.77. The molecule has 0 saturated carbocycles. The van der Waals surface area contributed by atoms with Gasteiger partial charge in [-0.3, -0.25) is 0 Å². The number of halogens is 3. The smallest absolute Gasteiger partial charge is 0.123 e. The SMILES string of the molecule is Fc1ccc(Cl)c(CNc2ccc3cc(Br)ccc3c2)c1. The lowest BCUT2D eigenvalue weighted by Crippen LogP contribution is -2.00. The van der Waals surface area contributed by atoms with Crippen molar-refractivity contribution in [2.24, 2.45) is 0 Å². The summed E-state index contributed by atoms with van der Waals surface area (Å²) in [6, 6.07) is 16.6. The number of nitrogens with one attached hydrogen (secondary N) is 1. The van der Waals surface area contributed by atoms with E-state index in [2.05, 4.69) is 45.5 Å². The molecule has 3 aromatic carbocycles. The molecule has 0 bridgehead atoms. The van der Waals surface area contributed by atoms with Crippen molar-refractivity contribution >= 4 is 44.0 Å². The molecule has 0 unspecified atom stereocenters. The minimum Gasteiger partial charge on any atom is -0.381 e. The van der Waals surface area contributed by atoms with Gasteiger partial charge in [-0.2, -0.15) is 0 Å². The van der Waals surface area contributed by atoms with Crippen molar-refractivity contribution in [1.29, 1.82) is 0 Å². The maximum Gasteiger partial charge on any atom is 0.123 e. The molecule has 0 aliphatic carbocycles. The van der Waals surface area contributed by atoms with Crippen LogP contribution in [0, 0.1) is 5.82 Å². The Morgan fingerprint density at radius 2 is 1.71 bits per heavy atom. The first-order valence-electron chi connectivity index (χ1n) is 6.49. The third-order valence-corrected chi connectivity index (χ3v) is 4.15. The molecule has 0 aliphatic heterocycles. The second-order valence-electron chi connectivity index (χ2n) is 4.80. The van der Waals surface area contributed by atoms with Crippen molar-refractivity contribution in [3.63, 3.8) is 0 Å². The van der Waals surface area contributed by atoms with Crippen molar-refractivity contribution < 1.29 is 4.39 Å². The summed E-state index contributed by atoms with van der Waals surface area (Å²) < 4.78 is 14.3. The predicted octanol–water partition coefficient (Wildman–Crippen LogP) is 6.01. The number of anilines is 1. The molecule has 0 amide bonds. The normalized spacial score (nSPS) is 10.8. The van der Waals surface area contributed by atoms with Crippen LogP contribution in [-0.4, -0.2) is 0 Å². The zero-order valence-corrected chi connectivity index (χ0v) is 13.4. The minimum atomic E-state index is -0.278. The molecule has 0 fully saturated rings. The van der Waals surface area contributed by atoms with Gasteiger partial charge in [0.2, 0.25) is 0 Å². The van der Waals surface area contributed by atoms with Gasteiger partial charge in [0.1, 0.15) is 5.82 Å². The van der Waals surface area contributed by atoms with Gasteiger partial charge >= 0.3 is 0 Å². The summed E-state index contributed by atoms with van der Waals surface area (Å²) >= 11 is 9.52. The van der Waals surface area contributed by atoms with Gasteiger partial charge in [0.25, 0.3) is 0 Å². The Bertz CT molecular complexity index is 804. The first-order valence-corrected chi connectivity index (χ1v) is 7.66. The van der Waals surface area contributed by atoms with Crippen LogP contribution < -0.4 is 5.32 Å². The van der Waals surface area contributed by atoms with Crippen molar-refractivity contribution in [2.45, 2.75) is 6.54 Å². The molecule has 0 aliphatic rings. The van der Waals surface area contributed by atoms with Crippen LogP contribution in [0.25, 0.3) is 10.8 Å². The maximum atomic E-state index is 13.2. The van der Waals surface area contributed by atoms with Crippen LogP contribution in [0.1, 0.15) is 5.56 Å². The highest BCUT2D eigenvalue weighted by atomic mass is 79.9. The molecule has 0 heterocycles. The average molecular weight is 365 g/mol.